The summed E-state index contributed by atoms with van der Waals surface area (Å²) in [6.07, 6.45) is 3.95. The quantitative estimate of drug-likeness (QED) is 0.852. The predicted octanol–water partition coefficient (Wildman–Crippen LogP) is 1.84. The first-order valence-electron chi connectivity index (χ1n) is 5.18. The second-order valence-corrected chi connectivity index (χ2v) is 4.91. The van der Waals surface area contributed by atoms with Crippen LogP contribution in [0.3, 0.4) is 0 Å². The van der Waals surface area contributed by atoms with Crippen molar-refractivity contribution >= 4 is 11.8 Å². The number of thioether (sulfide) groups is 1. The van der Waals surface area contributed by atoms with Crippen LogP contribution in [0.1, 0.15) is 18.4 Å². The minimum absolute atomic E-state index is 0.0647. The van der Waals surface area contributed by atoms with Gasteiger partial charge in [0, 0.05) is 24.7 Å². The SMILES string of the molecule is OCc1ccc(SC2CCOCC2)nc1. The molecule has 1 aromatic rings. The molecule has 82 valence electrons. The summed E-state index contributed by atoms with van der Waals surface area (Å²) in [5, 5.41) is 10.6. The highest BCUT2D eigenvalue weighted by Gasteiger charge is 2.15. The van der Waals surface area contributed by atoms with Gasteiger partial charge >= 0.3 is 0 Å². The van der Waals surface area contributed by atoms with Crippen molar-refractivity contribution in [2.45, 2.75) is 29.7 Å². The van der Waals surface area contributed by atoms with Crippen molar-refractivity contribution in [3.8, 4) is 0 Å². The molecule has 2 rings (SSSR count). The monoisotopic (exact) mass is 225 g/mol. The standard InChI is InChI=1S/C11H15NO2S/c13-8-9-1-2-11(12-7-9)15-10-3-5-14-6-4-10/h1-2,7,10,13H,3-6,8H2. The summed E-state index contributed by atoms with van der Waals surface area (Å²) < 4.78 is 5.31. The Bertz CT molecular complexity index is 296. The van der Waals surface area contributed by atoms with Gasteiger partial charge in [0.25, 0.3) is 0 Å². The first kappa shape index (κ1) is 10.9. The molecule has 1 N–H and O–H groups in total. The number of hydrogen-bond donors (Lipinski definition) is 1. The zero-order valence-corrected chi connectivity index (χ0v) is 9.37. The Labute approximate surface area is 93.9 Å². The molecule has 0 amide bonds. The average molecular weight is 225 g/mol. The average Bonchev–Trinajstić information content (AvgIpc) is 2.31. The molecular weight excluding hydrogens is 210 g/mol. The molecule has 15 heavy (non-hydrogen) atoms. The number of ether oxygens (including phenoxy) is 1. The number of hydrogen-bond acceptors (Lipinski definition) is 4. The van der Waals surface area contributed by atoms with E-state index in [0.717, 1.165) is 36.6 Å². The van der Waals surface area contributed by atoms with Crippen LogP contribution in [0.25, 0.3) is 0 Å². The lowest BCUT2D eigenvalue weighted by Crippen LogP contribution is -2.17. The maximum atomic E-state index is 8.89. The molecule has 0 spiro atoms. The van der Waals surface area contributed by atoms with E-state index in [1.165, 1.54) is 0 Å². The fraction of sp³-hybridized carbons (Fsp3) is 0.545. The van der Waals surface area contributed by atoms with E-state index in [2.05, 4.69) is 4.98 Å². The van der Waals surface area contributed by atoms with E-state index >= 15 is 0 Å². The molecule has 0 unspecified atom stereocenters. The van der Waals surface area contributed by atoms with Crippen molar-refractivity contribution in [1.29, 1.82) is 0 Å². The van der Waals surface area contributed by atoms with Crippen LogP contribution < -0.4 is 0 Å². The van der Waals surface area contributed by atoms with E-state index in [0.29, 0.717) is 5.25 Å². The lowest BCUT2D eigenvalue weighted by atomic mass is 10.2. The maximum Gasteiger partial charge on any atom is 0.0962 e. The number of pyridine rings is 1. The Morgan fingerprint density at radius 2 is 2.20 bits per heavy atom. The van der Waals surface area contributed by atoms with Gasteiger partial charge in [-0.2, -0.15) is 0 Å². The number of aromatic nitrogens is 1. The minimum atomic E-state index is 0.0647. The summed E-state index contributed by atoms with van der Waals surface area (Å²) in [6.45, 7) is 1.80. The Morgan fingerprint density at radius 3 is 2.80 bits per heavy atom. The van der Waals surface area contributed by atoms with Gasteiger partial charge < -0.3 is 9.84 Å². The fourth-order valence-corrected chi connectivity index (χ4v) is 2.57. The molecule has 1 saturated heterocycles. The van der Waals surface area contributed by atoms with Gasteiger partial charge in [-0.05, 0) is 24.5 Å². The first-order valence-corrected chi connectivity index (χ1v) is 6.06. The van der Waals surface area contributed by atoms with Crippen molar-refractivity contribution in [3.05, 3.63) is 23.9 Å². The van der Waals surface area contributed by atoms with E-state index in [4.69, 9.17) is 9.84 Å². The van der Waals surface area contributed by atoms with Crippen LogP contribution in [0.5, 0.6) is 0 Å². The number of aliphatic hydroxyl groups excluding tert-OH is 1. The molecule has 0 atom stereocenters. The summed E-state index contributed by atoms with van der Waals surface area (Å²) in [7, 11) is 0. The fourth-order valence-electron chi connectivity index (χ4n) is 1.54. The van der Waals surface area contributed by atoms with Gasteiger partial charge in [0.1, 0.15) is 0 Å². The zero-order valence-electron chi connectivity index (χ0n) is 8.56. The Kier molecular flexibility index (Phi) is 4.00. The van der Waals surface area contributed by atoms with Gasteiger partial charge in [0.05, 0.1) is 11.6 Å². The molecule has 0 radical (unpaired) electrons. The smallest absolute Gasteiger partial charge is 0.0962 e. The van der Waals surface area contributed by atoms with Crippen LogP contribution in [-0.4, -0.2) is 28.6 Å². The van der Waals surface area contributed by atoms with Crippen molar-refractivity contribution in [2.75, 3.05) is 13.2 Å². The topological polar surface area (TPSA) is 42.4 Å². The van der Waals surface area contributed by atoms with Crippen molar-refractivity contribution < 1.29 is 9.84 Å². The van der Waals surface area contributed by atoms with Gasteiger partial charge in [-0.15, -0.1) is 11.8 Å². The second-order valence-electron chi connectivity index (χ2n) is 3.59. The number of nitrogens with zero attached hydrogens (tertiary/aromatic N) is 1. The summed E-state index contributed by atoms with van der Waals surface area (Å²) in [4.78, 5) is 4.31. The summed E-state index contributed by atoms with van der Waals surface area (Å²) >= 11 is 1.81. The maximum absolute atomic E-state index is 8.89. The largest absolute Gasteiger partial charge is 0.392 e. The van der Waals surface area contributed by atoms with Gasteiger partial charge in [0.2, 0.25) is 0 Å². The zero-order chi connectivity index (χ0) is 10.5. The van der Waals surface area contributed by atoms with Crippen molar-refractivity contribution in [1.82, 2.24) is 4.98 Å². The molecule has 1 aliphatic heterocycles. The summed E-state index contributed by atoms with van der Waals surface area (Å²) in [6, 6.07) is 3.90. The molecular formula is C11H15NO2S. The van der Waals surface area contributed by atoms with Crippen LogP contribution in [-0.2, 0) is 11.3 Å². The minimum Gasteiger partial charge on any atom is -0.392 e. The molecule has 1 aliphatic rings. The number of aliphatic hydroxyl groups is 1. The van der Waals surface area contributed by atoms with Gasteiger partial charge in [-0.3, -0.25) is 0 Å². The van der Waals surface area contributed by atoms with E-state index in [1.54, 1.807) is 6.20 Å². The Balaban J connectivity index is 1.91. The van der Waals surface area contributed by atoms with Gasteiger partial charge in [-0.1, -0.05) is 6.07 Å². The summed E-state index contributed by atoms with van der Waals surface area (Å²) in [5.41, 5.74) is 0.867. The van der Waals surface area contributed by atoms with Crippen molar-refractivity contribution in [3.63, 3.8) is 0 Å². The third kappa shape index (κ3) is 3.19. The number of rotatable bonds is 3. The van der Waals surface area contributed by atoms with Crippen LogP contribution in [0.15, 0.2) is 23.4 Å². The lowest BCUT2D eigenvalue weighted by Gasteiger charge is -2.20. The molecule has 0 aromatic carbocycles. The predicted molar refractivity (Wildman–Crippen MR) is 59.9 cm³/mol. The molecule has 1 fully saturated rings. The van der Waals surface area contributed by atoms with Crippen LogP contribution in [0.4, 0.5) is 0 Å². The first-order chi connectivity index (χ1) is 7.38. The third-order valence-corrected chi connectivity index (χ3v) is 3.72. The van der Waals surface area contributed by atoms with E-state index in [-0.39, 0.29) is 6.61 Å². The highest BCUT2D eigenvalue weighted by Crippen LogP contribution is 2.28. The third-order valence-electron chi connectivity index (χ3n) is 2.44. The normalized spacial score (nSPS) is 17.9. The Morgan fingerprint density at radius 1 is 1.40 bits per heavy atom. The molecule has 3 nitrogen and oxygen atoms in total. The van der Waals surface area contributed by atoms with E-state index in [9.17, 15) is 0 Å². The molecule has 4 heteroatoms. The summed E-state index contributed by atoms with van der Waals surface area (Å²) in [5.74, 6) is 0. The molecule has 0 saturated carbocycles. The second kappa shape index (κ2) is 5.49. The molecule has 0 aliphatic carbocycles. The van der Waals surface area contributed by atoms with Gasteiger partial charge in [0.15, 0.2) is 0 Å². The lowest BCUT2D eigenvalue weighted by molar-refractivity contribution is 0.1000. The molecule has 1 aromatic heterocycles. The molecule has 0 bridgehead atoms. The highest BCUT2D eigenvalue weighted by molar-refractivity contribution is 7.99. The van der Waals surface area contributed by atoms with Gasteiger partial charge in [-0.25, -0.2) is 4.98 Å². The van der Waals surface area contributed by atoms with Crippen molar-refractivity contribution in [2.24, 2.45) is 0 Å². The van der Waals surface area contributed by atoms with Crippen LogP contribution >= 0.6 is 11.8 Å². The van der Waals surface area contributed by atoms with E-state index < -0.39 is 0 Å². The highest BCUT2D eigenvalue weighted by atomic mass is 32.2. The van der Waals surface area contributed by atoms with Crippen LogP contribution in [0, 0.1) is 0 Å². The van der Waals surface area contributed by atoms with E-state index in [1.807, 2.05) is 23.9 Å². The Hall–Kier alpha value is -0.580. The molecule has 2 heterocycles. The van der Waals surface area contributed by atoms with Crippen LogP contribution in [0.2, 0.25) is 0 Å².